The van der Waals surface area contributed by atoms with E-state index in [1.165, 1.54) is 65.8 Å². The van der Waals surface area contributed by atoms with Crippen molar-refractivity contribution in [1.82, 2.24) is 0 Å². The van der Waals surface area contributed by atoms with Crippen LogP contribution in [0.15, 0.2) is 144 Å². The molecule has 188 valence electrons. The highest BCUT2D eigenvalue weighted by atomic mass is 31.1. The average Bonchev–Trinajstić information content (AvgIpc) is 3.00. The zero-order valence-corrected chi connectivity index (χ0v) is 23.3. The Hall–Kier alpha value is -3.99. The molecule has 1 unspecified atom stereocenters. The maximum atomic E-state index is 2.50. The summed E-state index contributed by atoms with van der Waals surface area (Å²) >= 11 is 0. The number of rotatable bonds is 4. The van der Waals surface area contributed by atoms with E-state index in [2.05, 4.69) is 147 Å². The standard InChI is InChI=1S/C38H31P/c1-39(2)32-23-22-29-24-31(21-20-30(29)25-32)38-35-14-8-6-12-33(35)37(34-13-7-9-15-36(34)38)28-18-16-27(17-19-28)26-10-4-3-5-11-26/h3-19,21-25,30H,20H2,1-2H3. The Bertz CT molecular complexity index is 1770. The second kappa shape index (κ2) is 9.96. The van der Waals surface area contributed by atoms with Gasteiger partial charge in [0, 0.05) is 5.92 Å². The lowest BCUT2D eigenvalue weighted by Crippen LogP contribution is -2.07. The molecule has 5 aromatic carbocycles. The molecule has 1 heteroatoms. The normalized spacial score (nSPS) is 16.7. The lowest BCUT2D eigenvalue weighted by molar-refractivity contribution is 0.781. The highest BCUT2D eigenvalue weighted by molar-refractivity contribution is 7.60. The lowest BCUT2D eigenvalue weighted by atomic mass is 9.80. The average molecular weight is 519 g/mol. The van der Waals surface area contributed by atoms with Crippen LogP contribution >= 0.6 is 7.92 Å². The van der Waals surface area contributed by atoms with Crippen LogP contribution in [0.1, 0.15) is 12.0 Å². The van der Waals surface area contributed by atoms with Gasteiger partial charge in [0.2, 0.25) is 0 Å². The quantitative estimate of drug-likeness (QED) is 0.164. The number of allylic oxidation sites excluding steroid dienone is 8. The molecule has 0 nitrogen and oxygen atoms in total. The van der Waals surface area contributed by atoms with Gasteiger partial charge in [-0.15, -0.1) is 0 Å². The molecular formula is C38H31P. The molecule has 5 aromatic rings. The van der Waals surface area contributed by atoms with Crippen molar-refractivity contribution >= 4 is 35.0 Å². The van der Waals surface area contributed by atoms with Crippen molar-refractivity contribution < 1.29 is 0 Å². The first-order chi connectivity index (χ1) is 19.2. The van der Waals surface area contributed by atoms with E-state index in [1.54, 1.807) is 0 Å². The molecule has 0 aromatic heterocycles. The fraction of sp³-hybridized carbons (Fsp3) is 0.105. The zero-order chi connectivity index (χ0) is 26.3. The molecule has 0 saturated carbocycles. The topological polar surface area (TPSA) is 0 Å². The molecule has 2 aliphatic rings. The third-order valence-electron chi connectivity index (χ3n) is 8.18. The summed E-state index contributed by atoms with van der Waals surface area (Å²) < 4.78 is 0. The van der Waals surface area contributed by atoms with Crippen LogP contribution in [-0.2, 0) is 0 Å². The molecule has 0 saturated heterocycles. The first kappa shape index (κ1) is 24.1. The maximum Gasteiger partial charge on any atom is 0.00624 e. The minimum Gasteiger partial charge on any atom is -0.0820 e. The predicted octanol–water partition coefficient (Wildman–Crippen LogP) is 10.9. The van der Waals surface area contributed by atoms with Gasteiger partial charge in [-0.25, -0.2) is 0 Å². The third kappa shape index (κ3) is 4.30. The van der Waals surface area contributed by atoms with Crippen molar-refractivity contribution in [3.8, 4) is 22.3 Å². The first-order valence-electron chi connectivity index (χ1n) is 13.8. The van der Waals surface area contributed by atoms with Crippen LogP contribution in [0, 0.1) is 5.92 Å². The molecular weight excluding hydrogens is 487 g/mol. The molecule has 0 bridgehead atoms. The van der Waals surface area contributed by atoms with Crippen molar-refractivity contribution in [1.29, 1.82) is 0 Å². The van der Waals surface area contributed by atoms with Crippen LogP contribution < -0.4 is 0 Å². The van der Waals surface area contributed by atoms with Gasteiger partial charge < -0.3 is 0 Å². The fourth-order valence-corrected chi connectivity index (χ4v) is 7.05. The molecule has 1 atom stereocenters. The van der Waals surface area contributed by atoms with E-state index in [0.717, 1.165) is 6.42 Å². The Balaban J connectivity index is 1.40. The minimum absolute atomic E-state index is 0.0679. The summed E-state index contributed by atoms with van der Waals surface area (Å²) in [6.45, 7) is 4.69. The fourth-order valence-electron chi connectivity index (χ4n) is 6.20. The Kier molecular flexibility index (Phi) is 6.15. The SMILES string of the molecule is CP(C)C1=CC2CC=C(c3c4ccccc4c(-c4ccc(-c5ccccc5)cc4)c4ccccc34)C=C2C=C1. The van der Waals surface area contributed by atoms with E-state index in [1.807, 2.05) is 0 Å². The van der Waals surface area contributed by atoms with Gasteiger partial charge in [-0.3, -0.25) is 0 Å². The Labute approximate surface area is 232 Å². The van der Waals surface area contributed by atoms with Crippen molar-refractivity contribution in [3.63, 3.8) is 0 Å². The van der Waals surface area contributed by atoms with Crippen LogP contribution in [0.3, 0.4) is 0 Å². The lowest BCUT2D eigenvalue weighted by Gasteiger charge is -2.26. The van der Waals surface area contributed by atoms with Gasteiger partial charge in [-0.1, -0.05) is 141 Å². The molecule has 0 fully saturated rings. The van der Waals surface area contributed by atoms with E-state index >= 15 is 0 Å². The van der Waals surface area contributed by atoms with Crippen LogP contribution in [0.4, 0.5) is 0 Å². The highest BCUT2D eigenvalue weighted by Gasteiger charge is 2.22. The van der Waals surface area contributed by atoms with Gasteiger partial charge in [-0.2, -0.15) is 0 Å². The smallest absolute Gasteiger partial charge is 0.00624 e. The molecule has 2 aliphatic carbocycles. The highest BCUT2D eigenvalue weighted by Crippen LogP contribution is 2.47. The predicted molar refractivity (Wildman–Crippen MR) is 172 cm³/mol. The number of fused-ring (bicyclic) bond motifs is 3. The molecule has 0 heterocycles. The molecule has 0 spiro atoms. The van der Waals surface area contributed by atoms with Gasteiger partial charge in [0.05, 0.1) is 0 Å². The molecule has 0 radical (unpaired) electrons. The van der Waals surface area contributed by atoms with Gasteiger partial charge in [0.1, 0.15) is 0 Å². The van der Waals surface area contributed by atoms with Crippen molar-refractivity contribution in [2.75, 3.05) is 13.3 Å². The van der Waals surface area contributed by atoms with Gasteiger partial charge in [0.25, 0.3) is 0 Å². The summed E-state index contributed by atoms with van der Waals surface area (Å²) in [6.07, 6.45) is 13.2. The van der Waals surface area contributed by atoms with Crippen molar-refractivity contribution in [2.24, 2.45) is 5.92 Å². The Morgan fingerprint density at radius 1 is 0.564 bits per heavy atom. The minimum atomic E-state index is -0.0679. The summed E-state index contributed by atoms with van der Waals surface area (Å²) in [5, 5.41) is 6.78. The Morgan fingerprint density at radius 2 is 1.10 bits per heavy atom. The summed E-state index contributed by atoms with van der Waals surface area (Å²) in [7, 11) is -0.0679. The number of hydrogen-bond donors (Lipinski definition) is 0. The van der Waals surface area contributed by atoms with Crippen LogP contribution in [0.2, 0.25) is 0 Å². The van der Waals surface area contributed by atoms with Gasteiger partial charge in [-0.05, 0) is 85.6 Å². The zero-order valence-electron chi connectivity index (χ0n) is 22.4. The van der Waals surface area contributed by atoms with Gasteiger partial charge in [0.15, 0.2) is 0 Å². The second-order valence-electron chi connectivity index (χ2n) is 10.7. The molecule has 0 amide bonds. The maximum absolute atomic E-state index is 2.50. The Morgan fingerprint density at radius 3 is 1.72 bits per heavy atom. The van der Waals surface area contributed by atoms with E-state index in [-0.39, 0.29) is 7.92 Å². The first-order valence-corrected chi connectivity index (χ1v) is 16.0. The summed E-state index contributed by atoms with van der Waals surface area (Å²) in [5.41, 5.74) is 9.20. The second-order valence-corrected chi connectivity index (χ2v) is 13.1. The van der Waals surface area contributed by atoms with E-state index in [9.17, 15) is 0 Å². The molecule has 0 N–H and O–H groups in total. The molecule has 0 aliphatic heterocycles. The van der Waals surface area contributed by atoms with Crippen LogP contribution in [0.5, 0.6) is 0 Å². The monoisotopic (exact) mass is 518 g/mol. The van der Waals surface area contributed by atoms with Gasteiger partial charge >= 0.3 is 0 Å². The van der Waals surface area contributed by atoms with Crippen LogP contribution in [0.25, 0.3) is 49.4 Å². The largest absolute Gasteiger partial charge is 0.0820 e. The summed E-state index contributed by atoms with van der Waals surface area (Å²) in [5.74, 6) is 0.499. The van der Waals surface area contributed by atoms with Crippen molar-refractivity contribution in [2.45, 2.75) is 6.42 Å². The molecule has 7 rings (SSSR count). The van der Waals surface area contributed by atoms with Crippen molar-refractivity contribution in [3.05, 3.63) is 150 Å². The third-order valence-corrected chi connectivity index (χ3v) is 9.51. The van der Waals surface area contributed by atoms with E-state index in [0.29, 0.717) is 5.92 Å². The number of benzene rings is 5. The number of hydrogen-bond acceptors (Lipinski definition) is 0. The van der Waals surface area contributed by atoms with E-state index in [4.69, 9.17) is 0 Å². The molecule has 39 heavy (non-hydrogen) atoms. The van der Waals surface area contributed by atoms with E-state index < -0.39 is 0 Å². The summed E-state index contributed by atoms with van der Waals surface area (Å²) in [4.78, 5) is 0. The van der Waals surface area contributed by atoms with Crippen LogP contribution in [-0.4, -0.2) is 13.3 Å². The summed E-state index contributed by atoms with van der Waals surface area (Å²) in [6, 6.07) is 37.6.